The van der Waals surface area contributed by atoms with Gasteiger partial charge in [0.2, 0.25) is 0 Å². The van der Waals surface area contributed by atoms with Crippen molar-refractivity contribution in [2.24, 2.45) is 7.05 Å². The SMILES string of the molecule is Cc1nn(C)c2ncc(S(=O)(=O)Nc3ccc(OCc4ccccn4)c(Cl)c3)cc12. The zero-order chi connectivity index (χ0) is 21.3. The fourth-order valence-electron chi connectivity index (χ4n) is 2.97. The van der Waals surface area contributed by atoms with Crippen LogP contribution in [0.4, 0.5) is 5.69 Å². The number of benzene rings is 1. The quantitative estimate of drug-likeness (QED) is 0.487. The number of sulfonamides is 1. The largest absolute Gasteiger partial charge is 0.486 e. The van der Waals surface area contributed by atoms with Crippen LogP contribution in [0, 0.1) is 6.92 Å². The Hall–Kier alpha value is -3.17. The Labute approximate surface area is 178 Å². The van der Waals surface area contributed by atoms with Crippen molar-refractivity contribution in [3.8, 4) is 5.75 Å². The summed E-state index contributed by atoms with van der Waals surface area (Å²) in [5.41, 5.74) is 2.39. The Balaban J connectivity index is 1.53. The molecule has 0 fully saturated rings. The van der Waals surface area contributed by atoms with Crippen LogP contribution in [0.2, 0.25) is 5.02 Å². The first-order chi connectivity index (χ1) is 14.3. The second-order valence-electron chi connectivity index (χ2n) is 6.61. The van der Waals surface area contributed by atoms with Gasteiger partial charge in [0, 0.05) is 24.8 Å². The van der Waals surface area contributed by atoms with Crippen molar-refractivity contribution < 1.29 is 13.2 Å². The van der Waals surface area contributed by atoms with Crippen LogP contribution in [0.25, 0.3) is 11.0 Å². The molecule has 0 bridgehead atoms. The second-order valence-corrected chi connectivity index (χ2v) is 8.70. The molecule has 0 radical (unpaired) electrons. The highest BCUT2D eigenvalue weighted by Gasteiger charge is 2.18. The van der Waals surface area contributed by atoms with Crippen LogP contribution in [0.1, 0.15) is 11.4 Å². The molecule has 154 valence electrons. The molecule has 10 heteroatoms. The van der Waals surface area contributed by atoms with Crippen LogP contribution in [0.5, 0.6) is 5.75 Å². The summed E-state index contributed by atoms with van der Waals surface area (Å²) in [7, 11) is -2.10. The molecule has 8 nitrogen and oxygen atoms in total. The van der Waals surface area contributed by atoms with Crippen molar-refractivity contribution in [2.75, 3.05) is 4.72 Å². The number of rotatable bonds is 6. The van der Waals surface area contributed by atoms with Crippen LogP contribution < -0.4 is 9.46 Å². The van der Waals surface area contributed by atoms with Crippen molar-refractivity contribution in [3.05, 3.63) is 71.3 Å². The van der Waals surface area contributed by atoms with E-state index >= 15 is 0 Å². The van der Waals surface area contributed by atoms with E-state index in [9.17, 15) is 8.42 Å². The average molecular weight is 444 g/mol. The summed E-state index contributed by atoms with van der Waals surface area (Å²) in [6.07, 6.45) is 2.98. The van der Waals surface area contributed by atoms with E-state index in [1.54, 1.807) is 43.0 Å². The molecule has 0 atom stereocenters. The Morgan fingerprint density at radius 1 is 1.17 bits per heavy atom. The van der Waals surface area contributed by atoms with Crippen LogP contribution in [0.15, 0.2) is 59.8 Å². The summed E-state index contributed by atoms with van der Waals surface area (Å²) < 4.78 is 35.4. The van der Waals surface area contributed by atoms with E-state index in [2.05, 4.69) is 19.8 Å². The maximum absolute atomic E-state index is 12.8. The molecule has 0 spiro atoms. The standard InChI is InChI=1S/C20H18ClN5O3S/c1-13-17-10-16(11-23-20(17)26(2)24-13)30(27,28)25-14-6-7-19(18(21)9-14)29-12-15-5-3-4-8-22-15/h3-11,25H,12H2,1-2H3. The third-order valence-electron chi connectivity index (χ3n) is 4.43. The summed E-state index contributed by atoms with van der Waals surface area (Å²) in [6, 6.07) is 11.8. The third kappa shape index (κ3) is 4.07. The number of nitrogens with zero attached hydrogens (tertiary/aromatic N) is 4. The Kier molecular flexibility index (Phi) is 5.31. The number of pyridine rings is 2. The number of aryl methyl sites for hydroxylation is 2. The van der Waals surface area contributed by atoms with Gasteiger partial charge in [-0.1, -0.05) is 17.7 Å². The lowest BCUT2D eigenvalue weighted by Gasteiger charge is -2.11. The van der Waals surface area contributed by atoms with Gasteiger partial charge in [-0.3, -0.25) is 14.4 Å². The highest BCUT2D eigenvalue weighted by atomic mass is 35.5. The maximum Gasteiger partial charge on any atom is 0.263 e. The predicted octanol–water partition coefficient (Wildman–Crippen LogP) is 3.70. The predicted molar refractivity (Wildman–Crippen MR) is 114 cm³/mol. The minimum Gasteiger partial charge on any atom is -0.486 e. The molecular formula is C20H18ClN5O3S. The van der Waals surface area contributed by atoms with E-state index in [1.165, 1.54) is 12.3 Å². The number of hydrogen-bond acceptors (Lipinski definition) is 6. The number of ether oxygens (including phenoxy) is 1. The molecule has 0 aliphatic rings. The molecule has 3 heterocycles. The molecule has 0 aliphatic carbocycles. The molecule has 4 rings (SSSR count). The van der Waals surface area contributed by atoms with E-state index in [4.69, 9.17) is 16.3 Å². The first-order valence-electron chi connectivity index (χ1n) is 8.98. The molecule has 0 saturated heterocycles. The van der Waals surface area contributed by atoms with Gasteiger partial charge in [0.1, 0.15) is 17.3 Å². The highest BCUT2D eigenvalue weighted by Crippen LogP contribution is 2.29. The number of anilines is 1. The van der Waals surface area contributed by atoms with Crippen molar-refractivity contribution in [1.29, 1.82) is 0 Å². The summed E-state index contributed by atoms with van der Waals surface area (Å²) in [5, 5.41) is 5.22. The van der Waals surface area contributed by atoms with E-state index in [0.717, 1.165) is 5.69 Å². The van der Waals surface area contributed by atoms with Crippen molar-refractivity contribution in [2.45, 2.75) is 18.4 Å². The van der Waals surface area contributed by atoms with E-state index in [-0.39, 0.29) is 16.5 Å². The first kappa shape index (κ1) is 20.1. The van der Waals surface area contributed by atoms with E-state index in [0.29, 0.717) is 28.2 Å². The smallest absolute Gasteiger partial charge is 0.263 e. The molecule has 0 unspecified atom stereocenters. The molecule has 30 heavy (non-hydrogen) atoms. The van der Waals surface area contributed by atoms with Gasteiger partial charge in [0.25, 0.3) is 10.0 Å². The lowest BCUT2D eigenvalue weighted by Crippen LogP contribution is -2.13. The zero-order valence-corrected chi connectivity index (χ0v) is 17.8. The normalized spacial score (nSPS) is 11.6. The number of hydrogen-bond donors (Lipinski definition) is 1. The van der Waals surface area contributed by atoms with Gasteiger partial charge in [-0.25, -0.2) is 13.4 Å². The van der Waals surface area contributed by atoms with Gasteiger partial charge in [-0.15, -0.1) is 0 Å². The molecule has 0 amide bonds. The second kappa shape index (κ2) is 7.92. The monoisotopic (exact) mass is 443 g/mol. The number of nitrogens with one attached hydrogen (secondary N) is 1. The fraction of sp³-hybridized carbons (Fsp3) is 0.150. The zero-order valence-electron chi connectivity index (χ0n) is 16.2. The van der Waals surface area contributed by atoms with E-state index in [1.807, 2.05) is 18.2 Å². The lowest BCUT2D eigenvalue weighted by molar-refractivity contribution is 0.301. The molecular weight excluding hydrogens is 426 g/mol. The van der Waals surface area contributed by atoms with Crippen LogP contribution in [0.3, 0.4) is 0 Å². The summed E-state index contributed by atoms with van der Waals surface area (Å²) in [6.45, 7) is 2.05. The van der Waals surface area contributed by atoms with Gasteiger partial charge in [0.15, 0.2) is 5.65 Å². The molecule has 0 saturated carbocycles. The topological polar surface area (TPSA) is 99.0 Å². The Morgan fingerprint density at radius 2 is 2.00 bits per heavy atom. The molecule has 0 aliphatic heterocycles. The fourth-order valence-corrected chi connectivity index (χ4v) is 4.22. The molecule has 3 aromatic heterocycles. The average Bonchev–Trinajstić information content (AvgIpc) is 3.01. The van der Waals surface area contributed by atoms with E-state index < -0.39 is 10.0 Å². The molecule has 1 aromatic carbocycles. The molecule has 4 aromatic rings. The van der Waals surface area contributed by atoms with Crippen molar-refractivity contribution >= 4 is 38.3 Å². The molecule has 1 N–H and O–H groups in total. The maximum atomic E-state index is 12.8. The minimum absolute atomic E-state index is 0.0395. The highest BCUT2D eigenvalue weighted by molar-refractivity contribution is 7.92. The number of aromatic nitrogens is 4. The van der Waals surface area contributed by atoms with Crippen molar-refractivity contribution in [1.82, 2.24) is 19.7 Å². The summed E-state index contributed by atoms with van der Waals surface area (Å²) in [5.74, 6) is 0.430. The Morgan fingerprint density at radius 3 is 2.73 bits per heavy atom. The minimum atomic E-state index is -3.86. The van der Waals surface area contributed by atoms with Crippen LogP contribution >= 0.6 is 11.6 Å². The summed E-state index contributed by atoms with van der Waals surface area (Å²) in [4.78, 5) is 8.44. The van der Waals surface area contributed by atoms with Gasteiger partial charge in [-0.2, -0.15) is 5.10 Å². The van der Waals surface area contributed by atoms with Gasteiger partial charge >= 0.3 is 0 Å². The van der Waals surface area contributed by atoms with Crippen LogP contribution in [-0.2, 0) is 23.7 Å². The van der Waals surface area contributed by atoms with Crippen molar-refractivity contribution in [3.63, 3.8) is 0 Å². The van der Waals surface area contributed by atoms with Gasteiger partial charge in [-0.05, 0) is 43.3 Å². The van der Waals surface area contributed by atoms with Crippen LogP contribution in [-0.4, -0.2) is 28.2 Å². The van der Waals surface area contributed by atoms with Gasteiger partial charge < -0.3 is 4.74 Å². The van der Waals surface area contributed by atoms with Gasteiger partial charge in [0.05, 0.1) is 22.1 Å². The summed E-state index contributed by atoms with van der Waals surface area (Å²) >= 11 is 6.27. The number of halogens is 1. The first-order valence-corrected chi connectivity index (χ1v) is 10.8. The third-order valence-corrected chi connectivity index (χ3v) is 6.08. The Bertz CT molecular complexity index is 1320. The lowest BCUT2D eigenvalue weighted by atomic mass is 10.3. The number of fused-ring (bicyclic) bond motifs is 1.